The summed E-state index contributed by atoms with van der Waals surface area (Å²) >= 11 is 0. The molecule has 7 nitrogen and oxygen atoms in total. The van der Waals surface area contributed by atoms with Gasteiger partial charge in [-0.15, -0.1) is 0 Å². The molecule has 0 fully saturated rings. The summed E-state index contributed by atoms with van der Waals surface area (Å²) in [4.78, 5) is 28.7. The van der Waals surface area contributed by atoms with E-state index in [0.29, 0.717) is 0 Å². The van der Waals surface area contributed by atoms with Crippen LogP contribution in [0.1, 0.15) is 22.8 Å². The average molecular weight is 399 g/mol. The first-order chi connectivity index (χ1) is 13.8. The van der Waals surface area contributed by atoms with Crippen LogP contribution >= 0.6 is 0 Å². The molecule has 0 radical (unpaired) electrons. The number of aliphatic imine (C=N–C) groups is 1. The minimum Gasteiger partial charge on any atom is -0.497 e. The number of Topliss-reactive ketones (excluding diaryl/α,β-unsaturated/α-hetero) is 1. The van der Waals surface area contributed by atoms with Crippen molar-refractivity contribution in [3.8, 4) is 5.75 Å². The van der Waals surface area contributed by atoms with Crippen LogP contribution in [0.3, 0.4) is 0 Å². The maximum absolute atomic E-state index is 14.0. The normalized spacial score (nSPS) is 12.2. The lowest BCUT2D eigenvalue weighted by Crippen LogP contribution is -2.28. The summed E-state index contributed by atoms with van der Waals surface area (Å²) in [5.41, 5.74) is 12.3. The molecule has 2 aromatic rings. The first-order valence-corrected chi connectivity index (χ1v) is 8.68. The number of halogens is 1. The van der Waals surface area contributed by atoms with Crippen molar-refractivity contribution in [2.45, 2.75) is 13.5 Å². The Bertz CT molecular complexity index is 952. The van der Waals surface area contributed by atoms with Crippen LogP contribution in [0.25, 0.3) is 0 Å². The van der Waals surface area contributed by atoms with Gasteiger partial charge in [-0.05, 0) is 24.6 Å². The van der Waals surface area contributed by atoms with Gasteiger partial charge in [-0.3, -0.25) is 9.79 Å². The summed E-state index contributed by atoms with van der Waals surface area (Å²) in [7, 11) is 1.38. The van der Waals surface area contributed by atoms with Crippen molar-refractivity contribution in [3.05, 3.63) is 76.7 Å². The smallest absolute Gasteiger partial charge is 0.344 e. The lowest BCUT2D eigenvalue weighted by molar-refractivity contribution is -0.137. The minimum atomic E-state index is -0.915. The van der Waals surface area contributed by atoms with Crippen LogP contribution in [0.2, 0.25) is 0 Å². The fraction of sp³-hybridized carbons (Fsp3) is 0.190. The Labute approximate surface area is 167 Å². The number of hydrogen-bond donors (Lipinski definition) is 2. The zero-order chi connectivity index (χ0) is 21.4. The van der Waals surface area contributed by atoms with Gasteiger partial charge in [0.05, 0.1) is 19.2 Å². The van der Waals surface area contributed by atoms with E-state index in [4.69, 9.17) is 20.9 Å². The average Bonchev–Trinajstić information content (AvgIpc) is 2.71. The minimum absolute atomic E-state index is 0.0902. The number of carbonyl (C=O) groups excluding carboxylic acids is 2. The van der Waals surface area contributed by atoms with Gasteiger partial charge in [0, 0.05) is 11.8 Å². The summed E-state index contributed by atoms with van der Waals surface area (Å²) in [6.07, 6.45) is 0. The van der Waals surface area contributed by atoms with Gasteiger partial charge >= 0.3 is 5.97 Å². The molecule has 8 heteroatoms. The third-order valence-electron chi connectivity index (χ3n) is 3.94. The maximum Gasteiger partial charge on any atom is 0.344 e. The number of amidine groups is 1. The summed E-state index contributed by atoms with van der Waals surface area (Å²) in [5.74, 6) is -2.25. The zero-order valence-corrected chi connectivity index (χ0v) is 16.1. The van der Waals surface area contributed by atoms with Crippen molar-refractivity contribution >= 4 is 17.6 Å². The number of hydrogen-bond acceptors (Lipinski definition) is 6. The van der Waals surface area contributed by atoms with Gasteiger partial charge in [-0.1, -0.05) is 30.3 Å². The van der Waals surface area contributed by atoms with Gasteiger partial charge in [-0.25, -0.2) is 9.18 Å². The van der Waals surface area contributed by atoms with Gasteiger partial charge in [0.25, 0.3) is 0 Å². The zero-order valence-electron chi connectivity index (χ0n) is 16.1. The molecular weight excluding hydrogens is 377 g/mol. The number of carbonyl (C=O) groups is 2. The van der Waals surface area contributed by atoms with E-state index in [0.717, 1.165) is 11.6 Å². The molecule has 0 aliphatic rings. The molecule has 4 N–H and O–H groups in total. The predicted molar refractivity (Wildman–Crippen MR) is 107 cm³/mol. The highest BCUT2D eigenvalue weighted by Gasteiger charge is 2.21. The number of esters is 1. The molecule has 29 heavy (non-hydrogen) atoms. The quantitative estimate of drug-likeness (QED) is 0.231. The van der Waals surface area contributed by atoms with Crippen LogP contribution in [0.5, 0.6) is 5.75 Å². The first-order valence-electron chi connectivity index (χ1n) is 8.68. The molecule has 0 aliphatic heterocycles. The predicted octanol–water partition coefficient (Wildman–Crippen LogP) is 2.35. The number of allylic oxidation sites excluding steroid dienone is 1. The van der Waals surface area contributed by atoms with E-state index in [-0.39, 0.29) is 35.0 Å². The number of ether oxygens (including phenoxy) is 2. The van der Waals surface area contributed by atoms with Crippen LogP contribution in [-0.2, 0) is 16.1 Å². The molecule has 0 amide bonds. The SMILES string of the molecule is COc1ccc(C(=O)COC(=O)C(C(N)=NCc2ccccc2)=C(C)N)c(F)c1. The number of nitrogens with zero attached hydrogens (tertiary/aromatic N) is 1. The summed E-state index contributed by atoms with van der Waals surface area (Å²) in [6.45, 7) is 1.03. The van der Waals surface area contributed by atoms with Crippen LogP contribution in [0.15, 0.2) is 64.8 Å². The van der Waals surface area contributed by atoms with E-state index in [2.05, 4.69) is 4.99 Å². The topological polar surface area (TPSA) is 117 Å². The molecule has 0 atom stereocenters. The summed E-state index contributed by atoms with van der Waals surface area (Å²) < 4.78 is 23.8. The van der Waals surface area contributed by atoms with Crippen LogP contribution in [0, 0.1) is 5.82 Å². The number of nitrogens with two attached hydrogens (primary N) is 2. The second kappa shape index (κ2) is 10.0. The molecule has 2 aromatic carbocycles. The largest absolute Gasteiger partial charge is 0.497 e. The first kappa shape index (κ1) is 21.6. The van der Waals surface area contributed by atoms with E-state index in [1.807, 2.05) is 30.3 Å². The third-order valence-corrected chi connectivity index (χ3v) is 3.94. The highest BCUT2D eigenvalue weighted by Crippen LogP contribution is 2.17. The Hall–Kier alpha value is -3.68. The number of rotatable bonds is 8. The van der Waals surface area contributed by atoms with Gasteiger partial charge in [0.2, 0.25) is 5.78 Å². The number of benzene rings is 2. The van der Waals surface area contributed by atoms with Crippen molar-refractivity contribution < 1.29 is 23.5 Å². The Balaban J connectivity index is 2.06. The Morgan fingerprint density at radius 2 is 1.79 bits per heavy atom. The van der Waals surface area contributed by atoms with Crippen molar-refractivity contribution in [3.63, 3.8) is 0 Å². The molecular formula is C21H22FN3O4. The number of methoxy groups -OCH3 is 1. The summed E-state index contributed by atoms with van der Waals surface area (Å²) in [5, 5.41) is 0. The molecule has 152 valence electrons. The molecule has 0 unspecified atom stereocenters. The van der Waals surface area contributed by atoms with E-state index < -0.39 is 24.2 Å². The van der Waals surface area contributed by atoms with Crippen molar-refractivity contribution in [2.24, 2.45) is 16.5 Å². The standard InChI is InChI=1S/C21H22FN3O4/c1-13(23)19(20(24)25-11-14-6-4-3-5-7-14)21(27)29-12-18(26)16-9-8-15(28-2)10-17(16)22/h3-10H,11-12,23H2,1-2H3,(H2,24,25). The van der Waals surface area contributed by atoms with Gasteiger partial charge < -0.3 is 20.9 Å². The molecule has 0 spiro atoms. The van der Waals surface area contributed by atoms with E-state index in [9.17, 15) is 14.0 Å². The van der Waals surface area contributed by atoms with Crippen LogP contribution in [-0.4, -0.2) is 31.3 Å². The molecule has 0 saturated heterocycles. The van der Waals surface area contributed by atoms with E-state index >= 15 is 0 Å². The lowest BCUT2D eigenvalue weighted by atomic mass is 10.1. The molecule has 0 bridgehead atoms. The van der Waals surface area contributed by atoms with Crippen molar-refractivity contribution in [2.75, 3.05) is 13.7 Å². The molecule has 0 saturated carbocycles. The second-order valence-corrected chi connectivity index (χ2v) is 6.09. The Morgan fingerprint density at radius 1 is 1.10 bits per heavy atom. The number of ketones is 1. The highest BCUT2D eigenvalue weighted by atomic mass is 19.1. The highest BCUT2D eigenvalue weighted by molar-refractivity contribution is 6.19. The maximum atomic E-state index is 14.0. The van der Waals surface area contributed by atoms with E-state index in [1.165, 1.54) is 26.2 Å². The van der Waals surface area contributed by atoms with Crippen LogP contribution < -0.4 is 16.2 Å². The molecule has 2 rings (SSSR count). The lowest BCUT2D eigenvalue weighted by Gasteiger charge is -2.10. The van der Waals surface area contributed by atoms with Gasteiger partial charge in [-0.2, -0.15) is 0 Å². The summed E-state index contributed by atoms with van der Waals surface area (Å²) in [6, 6.07) is 13.0. The molecule has 0 aliphatic carbocycles. The van der Waals surface area contributed by atoms with Crippen molar-refractivity contribution in [1.29, 1.82) is 0 Å². The molecule has 0 aromatic heterocycles. The van der Waals surface area contributed by atoms with Gasteiger partial charge in [0.1, 0.15) is 23.0 Å². The van der Waals surface area contributed by atoms with Crippen molar-refractivity contribution in [1.82, 2.24) is 0 Å². The fourth-order valence-electron chi connectivity index (χ4n) is 2.44. The third kappa shape index (κ3) is 5.90. The Kier molecular flexibility index (Phi) is 7.47. The van der Waals surface area contributed by atoms with Crippen LogP contribution in [0.4, 0.5) is 4.39 Å². The fourth-order valence-corrected chi connectivity index (χ4v) is 2.44. The Morgan fingerprint density at radius 3 is 2.38 bits per heavy atom. The second-order valence-electron chi connectivity index (χ2n) is 6.09. The van der Waals surface area contributed by atoms with Gasteiger partial charge in [0.15, 0.2) is 6.61 Å². The molecule has 0 heterocycles. The monoisotopic (exact) mass is 399 g/mol. The van der Waals surface area contributed by atoms with E-state index in [1.54, 1.807) is 0 Å².